The van der Waals surface area contributed by atoms with Crippen LogP contribution in [0.5, 0.6) is 0 Å². The molecule has 0 aliphatic carbocycles. The first-order valence-electron chi connectivity index (χ1n) is 4.52. The Morgan fingerprint density at radius 3 is 2.46 bits per heavy atom. The molecule has 0 N–H and O–H groups in total. The van der Waals surface area contributed by atoms with E-state index in [0.717, 1.165) is 6.42 Å². The highest BCUT2D eigenvalue weighted by Gasteiger charge is 2.15. The fourth-order valence-electron chi connectivity index (χ4n) is 0.674. The monoisotopic (exact) mass is 183 g/mol. The van der Waals surface area contributed by atoms with Gasteiger partial charge in [-0.05, 0) is 25.2 Å². The smallest absolute Gasteiger partial charge is 0.333 e. The van der Waals surface area contributed by atoms with Crippen LogP contribution < -0.4 is 0 Å². The van der Waals surface area contributed by atoms with Gasteiger partial charge >= 0.3 is 5.97 Å². The minimum Gasteiger partial charge on any atom is -0.462 e. The zero-order chi connectivity index (χ0) is 10.5. The molecular formula is C11H19O2. The number of rotatable bonds is 5. The molecule has 0 rings (SSSR count). The van der Waals surface area contributed by atoms with E-state index in [1.165, 1.54) is 0 Å². The second kappa shape index (κ2) is 5.05. The maximum absolute atomic E-state index is 11.0. The zero-order valence-electron chi connectivity index (χ0n) is 9.02. The predicted molar refractivity (Wildman–Crippen MR) is 54.1 cm³/mol. The number of carbonyl (C=O) groups is 1. The molecule has 0 saturated heterocycles. The number of carbonyl (C=O) groups excluding carboxylic acids is 1. The van der Waals surface area contributed by atoms with Crippen LogP contribution in [0.4, 0.5) is 0 Å². The van der Waals surface area contributed by atoms with Crippen LogP contribution in [0.25, 0.3) is 0 Å². The van der Waals surface area contributed by atoms with Crippen molar-refractivity contribution in [3.63, 3.8) is 0 Å². The zero-order valence-corrected chi connectivity index (χ0v) is 9.02. The largest absolute Gasteiger partial charge is 0.462 e. The van der Waals surface area contributed by atoms with Gasteiger partial charge in [0.05, 0.1) is 6.61 Å². The highest BCUT2D eigenvalue weighted by atomic mass is 16.5. The van der Waals surface area contributed by atoms with Crippen molar-refractivity contribution in [2.45, 2.75) is 34.1 Å². The highest BCUT2D eigenvalue weighted by Crippen LogP contribution is 2.23. The molecule has 0 aromatic carbocycles. The molecule has 0 heterocycles. The molecule has 75 valence electrons. The molecule has 1 radical (unpaired) electrons. The van der Waals surface area contributed by atoms with Gasteiger partial charge in [0.25, 0.3) is 0 Å². The SMILES string of the molecule is C=C(C)C(=O)OCCC(C)(C)[CH]C. The van der Waals surface area contributed by atoms with E-state index in [-0.39, 0.29) is 11.4 Å². The molecule has 0 amide bonds. The second-order valence-electron chi connectivity index (χ2n) is 3.94. The molecule has 0 unspecified atom stereocenters. The Bertz CT molecular complexity index is 192. The Labute approximate surface area is 81.0 Å². The van der Waals surface area contributed by atoms with E-state index < -0.39 is 0 Å². The number of hydrogen-bond acceptors (Lipinski definition) is 2. The Balaban J connectivity index is 3.68. The lowest BCUT2D eigenvalue weighted by Crippen LogP contribution is -2.16. The number of esters is 1. The molecule has 2 heteroatoms. The molecule has 0 aromatic rings. The van der Waals surface area contributed by atoms with Crippen LogP contribution in [0.2, 0.25) is 0 Å². The van der Waals surface area contributed by atoms with Crippen LogP contribution in [-0.4, -0.2) is 12.6 Å². The van der Waals surface area contributed by atoms with E-state index in [9.17, 15) is 4.79 Å². The summed E-state index contributed by atoms with van der Waals surface area (Å²) in [6, 6.07) is 0. The molecule has 0 atom stereocenters. The Morgan fingerprint density at radius 1 is 1.54 bits per heavy atom. The molecule has 0 aromatic heterocycles. The highest BCUT2D eigenvalue weighted by molar-refractivity contribution is 5.86. The molecule has 0 spiro atoms. The van der Waals surface area contributed by atoms with Crippen LogP contribution in [0.3, 0.4) is 0 Å². The van der Waals surface area contributed by atoms with Crippen LogP contribution in [0, 0.1) is 11.8 Å². The third-order valence-corrected chi connectivity index (χ3v) is 2.11. The summed E-state index contributed by atoms with van der Waals surface area (Å²) in [5.41, 5.74) is 0.591. The van der Waals surface area contributed by atoms with Crippen molar-refractivity contribution in [1.29, 1.82) is 0 Å². The van der Waals surface area contributed by atoms with Crippen molar-refractivity contribution in [1.82, 2.24) is 0 Å². The van der Waals surface area contributed by atoms with Gasteiger partial charge in [-0.2, -0.15) is 0 Å². The standard InChI is InChI=1S/C11H19O2/c1-6-11(4,5)7-8-13-10(12)9(2)3/h6H,2,7-8H2,1,3-5H3. The van der Waals surface area contributed by atoms with Gasteiger partial charge in [0.15, 0.2) is 0 Å². The third-order valence-electron chi connectivity index (χ3n) is 2.11. The van der Waals surface area contributed by atoms with Gasteiger partial charge < -0.3 is 4.74 Å². The Kier molecular flexibility index (Phi) is 4.74. The van der Waals surface area contributed by atoms with E-state index in [4.69, 9.17) is 4.74 Å². The number of hydrogen-bond donors (Lipinski definition) is 0. The molecule has 0 aliphatic rings. The Morgan fingerprint density at radius 2 is 2.08 bits per heavy atom. The van der Waals surface area contributed by atoms with E-state index in [1.807, 2.05) is 6.92 Å². The predicted octanol–water partition coefficient (Wildman–Crippen LogP) is 2.75. The van der Waals surface area contributed by atoms with Gasteiger partial charge in [0, 0.05) is 5.57 Å². The minimum absolute atomic E-state index is 0.134. The van der Waals surface area contributed by atoms with Crippen molar-refractivity contribution >= 4 is 5.97 Å². The fraction of sp³-hybridized carbons (Fsp3) is 0.636. The fourth-order valence-corrected chi connectivity index (χ4v) is 0.674. The van der Waals surface area contributed by atoms with Crippen molar-refractivity contribution < 1.29 is 9.53 Å². The van der Waals surface area contributed by atoms with Gasteiger partial charge in [-0.25, -0.2) is 4.79 Å². The maximum atomic E-state index is 11.0. The van der Waals surface area contributed by atoms with Crippen LogP contribution in [-0.2, 0) is 9.53 Å². The average Bonchev–Trinajstić information content (AvgIpc) is 2.04. The van der Waals surface area contributed by atoms with Gasteiger partial charge in [-0.3, -0.25) is 0 Å². The molecule has 2 nitrogen and oxygen atoms in total. The first-order chi connectivity index (χ1) is 5.89. The maximum Gasteiger partial charge on any atom is 0.333 e. The van der Waals surface area contributed by atoms with Crippen molar-refractivity contribution in [2.75, 3.05) is 6.61 Å². The Hall–Kier alpha value is -0.790. The van der Waals surface area contributed by atoms with Gasteiger partial charge in [-0.1, -0.05) is 27.4 Å². The van der Waals surface area contributed by atoms with E-state index >= 15 is 0 Å². The van der Waals surface area contributed by atoms with Crippen LogP contribution in [0.1, 0.15) is 34.1 Å². The average molecular weight is 183 g/mol. The molecule has 13 heavy (non-hydrogen) atoms. The molecule has 0 bridgehead atoms. The van der Waals surface area contributed by atoms with E-state index in [0.29, 0.717) is 12.2 Å². The summed E-state index contributed by atoms with van der Waals surface area (Å²) in [6.45, 7) is 11.9. The van der Waals surface area contributed by atoms with Crippen molar-refractivity contribution in [2.24, 2.45) is 5.41 Å². The first kappa shape index (κ1) is 12.2. The molecule has 0 fully saturated rings. The lowest BCUT2D eigenvalue weighted by molar-refractivity contribution is -0.139. The minimum atomic E-state index is -0.299. The second-order valence-corrected chi connectivity index (χ2v) is 3.94. The normalized spacial score (nSPS) is 11.1. The van der Waals surface area contributed by atoms with E-state index in [2.05, 4.69) is 26.8 Å². The molecule has 0 saturated carbocycles. The summed E-state index contributed by atoms with van der Waals surface area (Å²) in [5, 5.41) is 0. The van der Waals surface area contributed by atoms with Gasteiger partial charge in [0.1, 0.15) is 0 Å². The lowest BCUT2D eigenvalue weighted by atomic mass is 9.87. The van der Waals surface area contributed by atoms with Gasteiger partial charge in [-0.15, -0.1) is 0 Å². The summed E-state index contributed by atoms with van der Waals surface area (Å²) in [7, 11) is 0. The quantitative estimate of drug-likeness (QED) is 0.484. The van der Waals surface area contributed by atoms with Crippen molar-refractivity contribution in [3.05, 3.63) is 18.6 Å². The van der Waals surface area contributed by atoms with Crippen molar-refractivity contribution in [3.8, 4) is 0 Å². The molecule has 0 aliphatic heterocycles. The van der Waals surface area contributed by atoms with Crippen LogP contribution >= 0.6 is 0 Å². The van der Waals surface area contributed by atoms with Gasteiger partial charge in [0.2, 0.25) is 0 Å². The summed E-state index contributed by atoms with van der Waals surface area (Å²) >= 11 is 0. The topological polar surface area (TPSA) is 26.3 Å². The first-order valence-corrected chi connectivity index (χ1v) is 4.52. The summed E-state index contributed by atoms with van der Waals surface area (Å²) in [4.78, 5) is 11.0. The number of ether oxygens (including phenoxy) is 1. The summed E-state index contributed by atoms with van der Waals surface area (Å²) in [5.74, 6) is -0.299. The lowest BCUT2D eigenvalue weighted by Gasteiger charge is -2.21. The molecular weight excluding hydrogens is 164 g/mol. The van der Waals surface area contributed by atoms with E-state index in [1.54, 1.807) is 6.92 Å². The summed E-state index contributed by atoms with van der Waals surface area (Å²) in [6.07, 6.45) is 2.96. The third kappa shape index (κ3) is 5.45. The summed E-state index contributed by atoms with van der Waals surface area (Å²) < 4.78 is 4.98. The van der Waals surface area contributed by atoms with Crippen LogP contribution in [0.15, 0.2) is 12.2 Å².